The van der Waals surface area contributed by atoms with Crippen molar-refractivity contribution in [2.45, 2.75) is 25.9 Å². The van der Waals surface area contributed by atoms with Crippen LogP contribution in [0.15, 0.2) is 58.2 Å². The van der Waals surface area contributed by atoms with Crippen LogP contribution in [0.2, 0.25) is 0 Å². The van der Waals surface area contributed by atoms with Crippen molar-refractivity contribution in [2.75, 3.05) is 7.11 Å². The topological polar surface area (TPSA) is 90.8 Å². The van der Waals surface area contributed by atoms with Gasteiger partial charge in [-0.05, 0) is 24.1 Å². The van der Waals surface area contributed by atoms with Crippen LogP contribution in [0.1, 0.15) is 24.9 Å². The van der Waals surface area contributed by atoms with E-state index in [0.29, 0.717) is 24.1 Å². The molecule has 1 amide bonds. The van der Waals surface area contributed by atoms with Gasteiger partial charge in [0.1, 0.15) is 23.6 Å². The summed E-state index contributed by atoms with van der Waals surface area (Å²) in [7, 11) is 1.60. The lowest BCUT2D eigenvalue weighted by Crippen LogP contribution is -2.38. The number of nitrogens with zero attached hydrogens (tertiary/aromatic N) is 3. The fraction of sp³-hybridized carbons (Fsp3) is 0.250. The number of carbonyl (C=O) groups is 1. The zero-order valence-corrected chi connectivity index (χ0v) is 15.6. The molecule has 0 spiro atoms. The summed E-state index contributed by atoms with van der Waals surface area (Å²) < 4.78 is 13.4. The number of hydrogen-bond donors (Lipinski definition) is 1. The van der Waals surface area contributed by atoms with Crippen molar-refractivity contribution in [1.82, 2.24) is 19.5 Å². The molecule has 3 aromatic heterocycles. The first-order chi connectivity index (χ1) is 13.6. The van der Waals surface area contributed by atoms with E-state index in [1.807, 2.05) is 31.2 Å². The number of nitrogens with one attached hydrogen (secondary N) is 1. The Hall–Kier alpha value is -3.55. The minimum Gasteiger partial charge on any atom is -0.497 e. The largest absolute Gasteiger partial charge is 0.497 e. The molecule has 0 aliphatic heterocycles. The highest BCUT2D eigenvalue weighted by atomic mass is 16.5. The Morgan fingerprint density at radius 1 is 1.25 bits per heavy atom. The summed E-state index contributed by atoms with van der Waals surface area (Å²) >= 11 is 0. The lowest BCUT2D eigenvalue weighted by molar-refractivity contribution is -0.125. The average molecular weight is 380 g/mol. The molecule has 1 unspecified atom stereocenters. The molecule has 8 nitrogen and oxygen atoms in total. The molecule has 4 aromatic rings. The molecule has 1 atom stereocenters. The second-order valence-corrected chi connectivity index (χ2v) is 6.44. The van der Waals surface area contributed by atoms with E-state index in [1.54, 1.807) is 29.9 Å². The Morgan fingerprint density at radius 2 is 2.04 bits per heavy atom. The average Bonchev–Trinajstić information content (AvgIpc) is 3.31. The van der Waals surface area contributed by atoms with E-state index in [2.05, 4.69) is 10.4 Å². The molecule has 3 heterocycles. The smallest absolute Gasteiger partial charge is 0.291 e. The lowest BCUT2D eigenvalue weighted by Gasteiger charge is -2.17. The number of rotatable bonds is 6. The fourth-order valence-electron chi connectivity index (χ4n) is 3.25. The van der Waals surface area contributed by atoms with Gasteiger partial charge in [-0.2, -0.15) is 5.10 Å². The minimum absolute atomic E-state index is 0.257. The van der Waals surface area contributed by atoms with Crippen molar-refractivity contribution in [3.63, 3.8) is 0 Å². The summed E-state index contributed by atoms with van der Waals surface area (Å²) in [6.07, 6.45) is 3.53. The highest BCUT2D eigenvalue weighted by Gasteiger charge is 2.22. The maximum atomic E-state index is 12.9. The number of amides is 1. The highest BCUT2D eigenvalue weighted by Crippen LogP contribution is 2.19. The molecule has 4 rings (SSSR count). The molecular weight excluding hydrogens is 360 g/mol. The second kappa shape index (κ2) is 7.22. The van der Waals surface area contributed by atoms with Crippen LogP contribution < -0.4 is 15.6 Å². The Morgan fingerprint density at radius 3 is 2.75 bits per heavy atom. The van der Waals surface area contributed by atoms with Gasteiger partial charge in [0.05, 0.1) is 18.9 Å². The summed E-state index contributed by atoms with van der Waals surface area (Å²) in [5, 5.41) is 7.10. The van der Waals surface area contributed by atoms with Crippen molar-refractivity contribution in [1.29, 1.82) is 0 Å². The molecule has 0 aliphatic carbocycles. The van der Waals surface area contributed by atoms with Crippen LogP contribution in [0, 0.1) is 0 Å². The third kappa shape index (κ3) is 3.02. The maximum Gasteiger partial charge on any atom is 0.291 e. The summed E-state index contributed by atoms with van der Waals surface area (Å²) in [6, 6.07) is 10.2. The van der Waals surface area contributed by atoms with E-state index in [4.69, 9.17) is 9.15 Å². The van der Waals surface area contributed by atoms with Gasteiger partial charge >= 0.3 is 0 Å². The van der Waals surface area contributed by atoms with Gasteiger partial charge < -0.3 is 14.5 Å². The normalized spacial score (nSPS) is 12.4. The van der Waals surface area contributed by atoms with Crippen LogP contribution in [0.25, 0.3) is 16.6 Å². The molecule has 0 aliphatic rings. The van der Waals surface area contributed by atoms with Crippen LogP contribution in [0.4, 0.5) is 0 Å². The molecule has 0 saturated heterocycles. The molecule has 0 saturated carbocycles. The predicted molar refractivity (Wildman–Crippen MR) is 103 cm³/mol. The molecule has 0 radical (unpaired) electrons. The van der Waals surface area contributed by atoms with E-state index in [-0.39, 0.29) is 11.5 Å². The molecular formula is C20H20N4O4. The van der Waals surface area contributed by atoms with Crippen LogP contribution in [0.3, 0.4) is 0 Å². The quantitative estimate of drug-likeness (QED) is 0.555. The first kappa shape index (κ1) is 17.8. The SMILES string of the molecule is CCC(C(=O)NCc1ccc(OC)cc1)n1ncn2c(cc3occc32)c1=O. The van der Waals surface area contributed by atoms with Gasteiger partial charge in [-0.15, -0.1) is 0 Å². The van der Waals surface area contributed by atoms with Gasteiger partial charge in [-0.1, -0.05) is 19.1 Å². The van der Waals surface area contributed by atoms with Crippen molar-refractivity contribution in [2.24, 2.45) is 0 Å². The summed E-state index contributed by atoms with van der Waals surface area (Å²) in [6.45, 7) is 2.20. The van der Waals surface area contributed by atoms with Crippen LogP contribution in [0.5, 0.6) is 5.75 Å². The van der Waals surface area contributed by atoms with Crippen LogP contribution in [-0.2, 0) is 11.3 Å². The summed E-state index contributed by atoms with van der Waals surface area (Å²) in [5.41, 5.74) is 2.40. The second-order valence-electron chi connectivity index (χ2n) is 6.44. The maximum absolute atomic E-state index is 12.9. The Balaban J connectivity index is 1.57. The molecule has 1 N–H and O–H groups in total. The fourth-order valence-corrected chi connectivity index (χ4v) is 3.25. The van der Waals surface area contributed by atoms with E-state index >= 15 is 0 Å². The Bertz CT molecular complexity index is 1190. The summed E-state index contributed by atoms with van der Waals surface area (Å²) in [4.78, 5) is 25.6. The Kier molecular flexibility index (Phi) is 4.60. The molecule has 1 aromatic carbocycles. The van der Waals surface area contributed by atoms with Crippen molar-refractivity contribution in [3.05, 3.63) is 64.9 Å². The van der Waals surface area contributed by atoms with Crippen molar-refractivity contribution in [3.8, 4) is 5.75 Å². The number of hydrogen-bond acceptors (Lipinski definition) is 5. The van der Waals surface area contributed by atoms with Crippen molar-refractivity contribution < 1.29 is 13.9 Å². The third-order valence-electron chi connectivity index (χ3n) is 4.79. The first-order valence-corrected chi connectivity index (χ1v) is 8.99. The number of fused-ring (bicyclic) bond motifs is 3. The van der Waals surface area contributed by atoms with Crippen LogP contribution >= 0.6 is 0 Å². The van der Waals surface area contributed by atoms with E-state index in [0.717, 1.165) is 16.8 Å². The number of ether oxygens (including phenoxy) is 1. The minimum atomic E-state index is -0.697. The zero-order valence-electron chi connectivity index (χ0n) is 15.6. The monoisotopic (exact) mass is 380 g/mol. The lowest BCUT2D eigenvalue weighted by atomic mass is 10.2. The number of furan rings is 1. The highest BCUT2D eigenvalue weighted by molar-refractivity contribution is 5.82. The van der Waals surface area contributed by atoms with Gasteiger partial charge in [0.2, 0.25) is 5.91 Å². The number of methoxy groups -OCH3 is 1. The Labute approximate surface area is 160 Å². The molecule has 8 heteroatoms. The number of aromatic nitrogens is 3. The van der Waals surface area contributed by atoms with Gasteiger partial charge in [-0.3, -0.25) is 14.0 Å². The molecule has 144 valence electrons. The van der Waals surface area contributed by atoms with E-state index in [1.165, 1.54) is 11.0 Å². The third-order valence-corrected chi connectivity index (χ3v) is 4.79. The predicted octanol–water partition coefficient (Wildman–Crippen LogP) is 2.52. The van der Waals surface area contributed by atoms with Gasteiger partial charge in [0.25, 0.3) is 5.56 Å². The van der Waals surface area contributed by atoms with E-state index in [9.17, 15) is 9.59 Å². The standard InChI is InChI=1S/C20H20N4O4/c1-3-15(19(25)21-11-13-4-6-14(27-2)7-5-13)24-20(26)17-10-18-16(8-9-28-18)23(17)12-22-24/h4-10,12,15H,3,11H2,1-2H3,(H,21,25). The number of carbonyl (C=O) groups excluding carboxylic acids is 1. The van der Waals surface area contributed by atoms with Crippen LogP contribution in [-0.4, -0.2) is 27.2 Å². The van der Waals surface area contributed by atoms with Crippen molar-refractivity contribution >= 4 is 22.5 Å². The molecule has 0 fully saturated rings. The number of benzene rings is 1. The van der Waals surface area contributed by atoms with Gasteiger partial charge in [-0.25, -0.2) is 4.68 Å². The summed E-state index contributed by atoms with van der Waals surface area (Å²) in [5.74, 6) is 0.496. The first-order valence-electron chi connectivity index (χ1n) is 8.99. The van der Waals surface area contributed by atoms with E-state index < -0.39 is 6.04 Å². The van der Waals surface area contributed by atoms with Gasteiger partial charge in [0.15, 0.2) is 5.58 Å². The molecule has 28 heavy (non-hydrogen) atoms. The zero-order chi connectivity index (χ0) is 19.7. The molecule has 0 bridgehead atoms. The van der Waals surface area contributed by atoms with Gasteiger partial charge in [0, 0.05) is 18.7 Å².